The van der Waals surface area contributed by atoms with Gasteiger partial charge in [-0.1, -0.05) is 31.2 Å². The van der Waals surface area contributed by atoms with Gasteiger partial charge in [0.2, 0.25) is 0 Å². The van der Waals surface area contributed by atoms with E-state index >= 15 is 0 Å². The van der Waals surface area contributed by atoms with E-state index in [4.69, 9.17) is 9.72 Å². The predicted octanol–water partition coefficient (Wildman–Crippen LogP) is 5.60. The summed E-state index contributed by atoms with van der Waals surface area (Å²) in [6.45, 7) is 6.69. The van der Waals surface area contributed by atoms with Crippen molar-refractivity contribution in [2.24, 2.45) is 0 Å². The van der Waals surface area contributed by atoms with Crippen LogP contribution in [0.25, 0.3) is 38.2 Å². The van der Waals surface area contributed by atoms with Crippen molar-refractivity contribution in [2.45, 2.75) is 32.6 Å². The summed E-state index contributed by atoms with van der Waals surface area (Å²) in [7, 11) is 0. The minimum atomic E-state index is -0.367. The van der Waals surface area contributed by atoms with Crippen LogP contribution in [-0.2, 0) is 9.53 Å². The third-order valence-electron chi connectivity index (χ3n) is 6.32. The fraction of sp³-hybridized carbons (Fsp3) is 0.250. The van der Waals surface area contributed by atoms with E-state index < -0.39 is 0 Å². The number of nitrogens with one attached hydrogen (secondary N) is 1. The third kappa shape index (κ3) is 3.85. The highest BCUT2D eigenvalue weighted by Gasteiger charge is 2.17. The molecule has 0 aliphatic heterocycles. The Bertz CT molecular complexity index is 1590. The lowest BCUT2D eigenvalue weighted by Crippen LogP contribution is -2.13. The highest BCUT2D eigenvalue weighted by Crippen LogP contribution is 2.34. The van der Waals surface area contributed by atoms with Crippen molar-refractivity contribution in [3.05, 3.63) is 77.1 Å². The van der Waals surface area contributed by atoms with Gasteiger partial charge >= 0.3 is 5.97 Å². The van der Waals surface area contributed by atoms with Crippen molar-refractivity contribution >= 4 is 49.9 Å². The normalized spacial score (nSPS) is 11.6. The summed E-state index contributed by atoms with van der Waals surface area (Å²) in [5, 5.41) is 7.23. The number of aryl methyl sites for hydroxylation is 1. The van der Waals surface area contributed by atoms with E-state index in [1.165, 1.54) is 6.08 Å². The van der Waals surface area contributed by atoms with E-state index in [0.717, 1.165) is 70.7 Å². The largest absolute Gasteiger partial charge is 0.463 e. The molecule has 1 N–H and O–H groups in total. The molecule has 0 saturated carbocycles. The average molecular weight is 454 g/mol. The molecule has 34 heavy (non-hydrogen) atoms. The number of esters is 1. The number of nitrogens with zero attached hydrogens (tertiary/aromatic N) is 2. The van der Waals surface area contributed by atoms with Crippen LogP contribution >= 0.6 is 0 Å². The van der Waals surface area contributed by atoms with E-state index in [0.29, 0.717) is 17.6 Å². The van der Waals surface area contributed by atoms with Crippen molar-refractivity contribution in [2.75, 3.05) is 18.5 Å². The Kier molecular flexibility index (Phi) is 5.88. The fourth-order valence-corrected chi connectivity index (χ4v) is 4.66. The van der Waals surface area contributed by atoms with E-state index in [1.54, 1.807) is 4.40 Å². The number of hydrogen-bond donors (Lipinski definition) is 1. The number of ether oxygens (including phenoxy) is 1. The summed E-state index contributed by atoms with van der Waals surface area (Å²) in [6, 6.07) is 16.1. The number of rotatable bonds is 9. The summed E-state index contributed by atoms with van der Waals surface area (Å²) in [5.74, 6) is -0.367. The van der Waals surface area contributed by atoms with Gasteiger partial charge in [-0.25, -0.2) is 9.78 Å². The molecule has 2 aromatic heterocycles. The standard InChI is InChI=1S/C28H27N3O3/c1-3-25(32)34-16-7-5-4-6-15-29-22-13-12-20-26-19(22)9-8-10-21(26)28(33)31-24-14-11-18(2)17-23(24)30-27(20)31/h3,8-14,17,29H,1,4-7,15-16H2,2H3. The second-order valence-corrected chi connectivity index (χ2v) is 8.67. The summed E-state index contributed by atoms with van der Waals surface area (Å²) in [6.07, 6.45) is 5.09. The number of benzene rings is 3. The zero-order valence-corrected chi connectivity index (χ0v) is 19.3. The molecule has 5 rings (SSSR count). The summed E-state index contributed by atoms with van der Waals surface area (Å²) < 4.78 is 6.75. The van der Waals surface area contributed by atoms with Crippen molar-refractivity contribution in [1.82, 2.24) is 9.38 Å². The van der Waals surface area contributed by atoms with Gasteiger partial charge in [-0.05, 0) is 62.1 Å². The molecule has 6 heteroatoms. The fourth-order valence-electron chi connectivity index (χ4n) is 4.66. The molecule has 0 saturated heterocycles. The second kappa shape index (κ2) is 9.14. The number of aromatic nitrogens is 2. The van der Waals surface area contributed by atoms with Gasteiger partial charge in [0.15, 0.2) is 0 Å². The first kappa shape index (κ1) is 21.9. The number of carbonyl (C=O) groups excluding carboxylic acids is 1. The maximum atomic E-state index is 13.5. The molecule has 3 aromatic carbocycles. The molecule has 0 radical (unpaired) electrons. The molecule has 0 spiro atoms. The summed E-state index contributed by atoms with van der Waals surface area (Å²) in [4.78, 5) is 29.4. The van der Waals surface area contributed by atoms with Gasteiger partial charge in [-0.2, -0.15) is 0 Å². The van der Waals surface area contributed by atoms with Crippen LogP contribution in [-0.4, -0.2) is 28.5 Å². The smallest absolute Gasteiger partial charge is 0.330 e. The van der Waals surface area contributed by atoms with Gasteiger partial charge in [-0.15, -0.1) is 0 Å². The third-order valence-corrected chi connectivity index (χ3v) is 6.32. The van der Waals surface area contributed by atoms with Crippen LogP contribution in [0.15, 0.2) is 66.0 Å². The molecular weight excluding hydrogens is 426 g/mol. The quantitative estimate of drug-likeness (QED) is 0.179. The Morgan fingerprint density at radius 1 is 1.06 bits per heavy atom. The lowest BCUT2D eigenvalue weighted by molar-refractivity contribution is -0.137. The monoisotopic (exact) mass is 453 g/mol. The van der Waals surface area contributed by atoms with Gasteiger partial charge in [0, 0.05) is 39.9 Å². The van der Waals surface area contributed by atoms with Crippen LogP contribution in [0.1, 0.15) is 31.2 Å². The van der Waals surface area contributed by atoms with Crippen LogP contribution in [0.3, 0.4) is 0 Å². The maximum Gasteiger partial charge on any atom is 0.330 e. The Morgan fingerprint density at radius 2 is 1.88 bits per heavy atom. The Morgan fingerprint density at radius 3 is 2.74 bits per heavy atom. The van der Waals surface area contributed by atoms with Crippen molar-refractivity contribution in [1.29, 1.82) is 0 Å². The Balaban J connectivity index is 1.39. The van der Waals surface area contributed by atoms with Gasteiger partial charge in [0.25, 0.3) is 5.56 Å². The number of pyridine rings is 1. The van der Waals surface area contributed by atoms with E-state index in [-0.39, 0.29) is 11.5 Å². The average Bonchev–Trinajstić information content (AvgIpc) is 3.23. The highest BCUT2D eigenvalue weighted by atomic mass is 16.5. The molecule has 0 aliphatic carbocycles. The number of imidazole rings is 1. The van der Waals surface area contributed by atoms with E-state index in [9.17, 15) is 9.59 Å². The van der Waals surface area contributed by atoms with Crippen LogP contribution in [0.5, 0.6) is 0 Å². The van der Waals surface area contributed by atoms with Gasteiger partial charge in [0.1, 0.15) is 5.65 Å². The van der Waals surface area contributed by atoms with Crippen LogP contribution in [0, 0.1) is 6.92 Å². The zero-order chi connectivity index (χ0) is 23.7. The SMILES string of the molecule is C=CC(=O)OCCCCCCNc1ccc2c3c1cccc3c(=O)n1c3ccc(C)cc3nc21. The number of hydrogen-bond acceptors (Lipinski definition) is 5. The molecule has 0 unspecified atom stereocenters. The predicted molar refractivity (Wildman–Crippen MR) is 138 cm³/mol. The number of unbranched alkanes of at least 4 members (excludes halogenated alkanes) is 3. The van der Waals surface area contributed by atoms with E-state index in [2.05, 4.69) is 30.1 Å². The van der Waals surface area contributed by atoms with Crippen LogP contribution < -0.4 is 10.9 Å². The first-order chi connectivity index (χ1) is 16.6. The first-order valence-corrected chi connectivity index (χ1v) is 11.7. The molecule has 0 aliphatic rings. The molecule has 0 atom stereocenters. The minimum absolute atomic E-state index is 0.0336. The minimum Gasteiger partial charge on any atom is -0.463 e. The van der Waals surface area contributed by atoms with Crippen LogP contribution in [0.4, 0.5) is 5.69 Å². The number of fused-ring (bicyclic) bond motifs is 4. The second-order valence-electron chi connectivity index (χ2n) is 8.67. The molecule has 172 valence electrons. The van der Waals surface area contributed by atoms with Crippen molar-refractivity contribution < 1.29 is 9.53 Å². The molecule has 0 amide bonds. The van der Waals surface area contributed by atoms with Gasteiger partial charge < -0.3 is 10.1 Å². The van der Waals surface area contributed by atoms with Crippen molar-refractivity contribution in [3.63, 3.8) is 0 Å². The number of anilines is 1. The molecular formula is C28H27N3O3. The topological polar surface area (TPSA) is 72.7 Å². The first-order valence-electron chi connectivity index (χ1n) is 11.7. The molecule has 5 aromatic rings. The Labute approximate surface area is 197 Å². The van der Waals surface area contributed by atoms with Crippen molar-refractivity contribution in [3.8, 4) is 0 Å². The van der Waals surface area contributed by atoms with Gasteiger partial charge in [-0.3, -0.25) is 9.20 Å². The zero-order valence-electron chi connectivity index (χ0n) is 19.3. The van der Waals surface area contributed by atoms with Gasteiger partial charge in [0.05, 0.1) is 17.6 Å². The summed E-state index contributed by atoms with van der Waals surface area (Å²) >= 11 is 0. The summed E-state index contributed by atoms with van der Waals surface area (Å²) in [5.41, 5.74) is 4.50. The lowest BCUT2D eigenvalue weighted by atomic mass is 10.0. The van der Waals surface area contributed by atoms with Crippen LogP contribution in [0.2, 0.25) is 0 Å². The Hall–Kier alpha value is -3.93. The number of carbonyl (C=O) groups is 1. The molecule has 6 nitrogen and oxygen atoms in total. The highest BCUT2D eigenvalue weighted by molar-refractivity contribution is 6.18. The maximum absolute atomic E-state index is 13.5. The van der Waals surface area contributed by atoms with E-state index in [1.807, 2.05) is 37.3 Å². The lowest BCUT2D eigenvalue weighted by Gasteiger charge is -2.13. The molecule has 0 fully saturated rings. The molecule has 2 heterocycles. The molecule has 0 bridgehead atoms.